The molecule has 1 amide bonds. The number of anilines is 2. The Balaban J connectivity index is 1.46. The van der Waals surface area contributed by atoms with Gasteiger partial charge in [-0.05, 0) is 72.8 Å². The number of methoxy groups -OCH3 is 2. The average molecular weight is 568 g/mol. The Bertz CT molecular complexity index is 1680. The van der Waals surface area contributed by atoms with Crippen molar-refractivity contribution in [2.24, 2.45) is 0 Å². The Hall–Kier alpha value is -4.42. The Kier molecular flexibility index (Phi) is 7.22. The zero-order valence-corrected chi connectivity index (χ0v) is 22.4. The molecule has 9 nitrogen and oxygen atoms in total. The fourth-order valence-electron chi connectivity index (χ4n) is 3.84. The summed E-state index contributed by atoms with van der Waals surface area (Å²) in [6, 6.07) is 17.4. The predicted molar refractivity (Wildman–Crippen MR) is 146 cm³/mol. The van der Waals surface area contributed by atoms with Crippen LogP contribution >= 0.6 is 11.3 Å². The minimum Gasteiger partial charge on any atom is -0.495 e. The average Bonchev–Trinajstić information content (AvgIpc) is 3.61. The van der Waals surface area contributed by atoms with Crippen molar-refractivity contribution >= 4 is 48.3 Å². The largest absolute Gasteiger partial charge is 0.495 e. The van der Waals surface area contributed by atoms with E-state index >= 15 is 0 Å². The quantitative estimate of drug-likeness (QED) is 0.243. The number of thiazole rings is 1. The van der Waals surface area contributed by atoms with E-state index in [1.54, 1.807) is 31.4 Å². The van der Waals surface area contributed by atoms with Crippen LogP contribution in [-0.2, 0) is 16.6 Å². The summed E-state index contributed by atoms with van der Waals surface area (Å²) in [6.45, 7) is 0.106. The molecule has 12 heteroatoms. The van der Waals surface area contributed by atoms with Gasteiger partial charge in [-0.15, -0.1) is 0 Å². The molecule has 0 fully saturated rings. The molecule has 0 aliphatic rings. The summed E-state index contributed by atoms with van der Waals surface area (Å²) in [6.07, 6.45) is 1.52. The van der Waals surface area contributed by atoms with Gasteiger partial charge in [0.1, 0.15) is 33.3 Å². The molecular formula is C27H22FN3O6S2. The molecular weight excluding hydrogens is 545 g/mol. The summed E-state index contributed by atoms with van der Waals surface area (Å²) in [5.74, 6) is 0.761. The lowest BCUT2D eigenvalue weighted by Gasteiger charge is -2.19. The highest BCUT2D eigenvalue weighted by Crippen LogP contribution is 2.40. The summed E-state index contributed by atoms with van der Waals surface area (Å²) in [7, 11) is -0.848. The lowest BCUT2D eigenvalue weighted by molar-refractivity contribution is 0.0983. The van der Waals surface area contributed by atoms with Crippen LogP contribution in [0.2, 0.25) is 0 Å². The number of benzene rings is 3. The second-order valence-corrected chi connectivity index (χ2v) is 10.9. The van der Waals surface area contributed by atoms with Crippen molar-refractivity contribution < 1.29 is 31.5 Å². The van der Waals surface area contributed by atoms with Crippen LogP contribution in [0.3, 0.4) is 0 Å². The van der Waals surface area contributed by atoms with Gasteiger partial charge in [0, 0.05) is 11.3 Å². The number of fused-ring (bicyclic) bond motifs is 1. The number of nitrogens with one attached hydrogen (secondary N) is 1. The van der Waals surface area contributed by atoms with Gasteiger partial charge in [-0.25, -0.2) is 17.8 Å². The highest BCUT2D eigenvalue weighted by molar-refractivity contribution is 7.92. The number of carbonyl (C=O) groups excluding carboxylic acids is 1. The highest BCUT2D eigenvalue weighted by atomic mass is 32.2. The smallest absolute Gasteiger partial charge is 0.261 e. The summed E-state index contributed by atoms with van der Waals surface area (Å²) >= 11 is 1.27. The highest BCUT2D eigenvalue weighted by Gasteiger charge is 2.25. The van der Waals surface area contributed by atoms with Crippen molar-refractivity contribution in [2.75, 3.05) is 23.8 Å². The van der Waals surface area contributed by atoms with Crippen molar-refractivity contribution in [1.82, 2.24) is 4.98 Å². The van der Waals surface area contributed by atoms with E-state index in [0.29, 0.717) is 33.5 Å². The van der Waals surface area contributed by atoms with Crippen molar-refractivity contribution in [3.63, 3.8) is 0 Å². The normalized spacial score (nSPS) is 11.4. The van der Waals surface area contributed by atoms with Gasteiger partial charge in [0.25, 0.3) is 15.9 Å². The van der Waals surface area contributed by atoms with Gasteiger partial charge in [-0.1, -0.05) is 11.3 Å². The number of halogens is 1. The third-order valence-corrected chi connectivity index (χ3v) is 8.27. The van der Waals surface area contributed by atoms with Crippen LogP contribution in [0.25, 0.3) is 10.2 Å². The van der Waals surface area contributed by atoms with E-state index in [0.717, 1.165) is 16.8 Å². The standard InChI is InChI=1S/C27H22FN3O6S2/c1-35-22-13-14-23(36-2)25-24(22)29-27(38-25)31(16-20-4-3-15-37-20)26(32)17-5-9-19(10-6-17)30-39(33,34)21-11-7-18(28)8-12-21/h3-15,30H,16H2,1-2H3. The fourth-order valence-corrected chi connectivity index (χ4v) is 5.97. The summed E-state index contributed by atoms with van der Waals surface area (Å²) < 4.78 is 58.1. The van der Waals surface area contributed by atoms with Crippen LogP contribution in [0.5, 0.6) is 11.5 Å². The number of nitrogens with zero attached hydrogens (tertiary/aromatic N) is 2. The molecule has 0 aliphatic heterocycles. The molecule has 3 aromatic carbocycles. The zero-order valence-electron chi connectivity index (χ0n) is 20.8. The molecule has 2 aromatic heterocycles. The monoisotopic (exact) mass is 567 g/mol. The number of aromatic nitrogens is 1. The van der Waals surface area contributed by atoms with Crippen LogP contribution in [0, 0.1) is 5.82 Å². The van der Waals surface area contributed by atoms with Crippen molar-refractivity contribution in [1.29, 1.82) is 0 Å². The van der Waals surface area contributed by atoms with Gasteiger partial charge in [0.15, 0.2) is 5.13 Å². The first kappa shape index (κ1) is 26.2. The van der Waals surface area contributed by atoms with E-state index in [4.69, 9.17) is 13.9 Å². The summed E-state index contributed by atoms with van der Waals surface area (Å²) in [5.41, 5.74) is 1.09. The topological polar surface area (TPSA) is 111 Å². The van der Waals surface area contributed by atoms with E-state index in [1.165, 1.54) is 66.0 Å². The molecule has 200 valence electrons. The minimum atomic E-state index is -3.94. The minimum absolute atomic E-state index is 0.0876. The van der Waals surface area contributed by atoms with Gasteiger partial charge < -0.3 is 13.9 Å². The van der Waals surface area contributed by atoms with Crippen molar-refractivity contribution in [2.45, 2.75) is 11.4 Å². The van der Waals surface area contributed by atoms with E-state index in [-0.39, 0.29) is 23.0 Å². The van der Waals surface area contributed by atoms with E-state index in [1.807, 2.05) is 0 Å². The maximum atomic E-state index is 13.7. The molecule has 0 bridgehead atoms. The molecule has 39 heavy (non-hydrogen) atoms. The number of sulfonamides is 1. The van der Waals surface area contributed by atoms with Crippen molar-refractivity contribution in [3.05, 3.63) is 96.2 Å². The molecule has 0 aliphatic carbocycles. The molecule has 0 saturated carbocycles. The Morgan fingerprint density at radius 1 is 1.00 bits per heavy atom. The molecule has 0 spiro atoms. The van der Waals surface area contributed by atoms with Gasteiger partial charge >= 0.3 is 0 Å². The Morgan fingerprint density at radius 3 is 2.33 bits per heavy atom. The molecule has 1 N–H and O–H groups in total. The molecule has 5 aromatic rings. The molecule has 0 saturated heterocycles. The van der Waals surface area contributed by atoms with E-state index in [2.05, 4.69) is 9.71 Å². The van der Waals surface area contributed by atoms with Gasteiger partial charge in [-0.3, -0.25) is 14.4 Å². The summed E-state index contributed by atoms with van der Waals surface area (Å²) in [5, 5.41) is 0.398. The molecule has 0 atom stereocenters. The first-order valence-corrected chi connectivity index (χ1v) is 13.8. The fraction of sp³-hybridized carbons (Fsp3) is 0.111. The second-order valence-electron chi connectivity index (χ2n) is 8.25. The number of hydrogen-bond acceptors (Lipinski definition) is 8. The van der Waals surface area contributed by atoms with E-state index in [9.17, 15) is 17.6 Å². The Morgan fingerprint density at radius 2 is 1.69 bits per heavy atom. The van der Waals surface area contributed by atoms with Gasteiger partial charge in [0.2, 0.25) is 0 Å². The first-order chi connectivity index (χ1) is 18.8. The number of carbonyl (C=O) groups is 1. The molecule has 5 rings (SSSR count). The van der Waals surface area contributed by atoms with Crippen LogP contribution < -0.4 is 19.1 Å². The van der Waals surface area contributed by atoms with Crippen LogP contribution in [0.4, 0.5) is 15.2 Å². The number of rotatable bonds is 9. The SMILES string of the molecule is COc1ccc(OC)c2sc(N(Cc3ccco3)C(=O)c3ccc(NS(=O)(=O)c4ccc(F)cc4)cc3)nc12. The van der Waals surface area contributed by atoms with Crippen LogP contribution in [-0.4, -0.2) is 33.5 Å². The van der Waals surface area contributed by atoms with Gasteiger partial charge in [-0.2, -0.15) is 0 Å². The molecule has 2 heterocycles. The lowest BCUT2D eigenvalue weighted by Crippen LogP contribution is -2.30. The van der Waals surface area contributed by atoms with E-state index < -0.39 is 15.8 Å². The third kappa shape index (κ3) is 5.42. The molecule has 0 unspecified atom stereocenters. The second kappa shape index (κ2) is 10.8. The maximum absolute atomic E-state index is 13.7. The third-order valence-electron chi connectivity index (χ3n) is 5.78. The van der Waals surface area contributed by atoms with Crippen molar-refractivity contribution in [3.8, 4) is 11.5 Å². The van der Waals surface area contributed by atoms with Gasteiger partial charge in [0.05, 0.1) is 31.9 Å². The zero-order chi connectivity index (χ0) is 27.6. The Labute approximate surface area is 227 Å². The number of amides is 1. The van der Waals surface area contributed by atoms with Crippen LogP contribution in [0.15, 0.2) is 88.4 Å². The summed E-state index contributed by atoms with van der Waals surface area (Å²) in [4.78, 5) is 19.8. The number of furan rings is 1. The number of ether oxygens (including phenoxy) is 2. The predicted octanol–water partition coefficient (Wildman–Crippen LogP) is 5.69. The van der Waals surface area contributed by atoms with Crippen LogP contribution in [0.1, 0.15) is 16.1 Å². The molecule has 0 radical (unpaired) electrons. The first-order valence-electron chi connectivity index (χ1n) is 11.5. The lowest BCUT2D eigenvalue weighted by atomic mass is 10.2. The number of hydrogen-bond donors (Lipinski definition) is 1. The maximum Gasteiger partial charge on any atom is 0.261 e.